The Morgan fingerprint density at radius 3 is 2.50 bits per heavy atom. The Kier molecular flexibility index (Phi) is 4.04. The lowest BCUT2D eigenvalue weighted by atomic mass is 9.43. The Labute approximate surface area is 167 Å². The van der Waals surface area contributed by atoms with Crippen LogP contribution in [-0.2, 0) is 9.53 Å². The van der Waals surface area contributed by atoms with Crippen LogP contribution in [-0.4, -0.2) is 39.6 Å². The quantitative estimate of drug-likeness (QED) is 0.597. The van der Waals surface area contributed by atoms with Crippen molar-refractivity contribution >= 4 is 5.97 Å². The molecule has 5 aliphatic rings. The normalized spacial score (nSPS) is 53.4. The molecule has 5 nitrogen and oxygen atoms in total. The number of cyclic esters (lactones) is 1. The van der Waals surface area contributed by atoms with Crippen LogP contribution in [0.15, 0.2) is 11.3 Å². The fourth-order valence-electron chi connectivity index (χ4n) is 8.44. The number of hydrogen-bond acceptors (Lipinski definition) is 5. The van der Waals surface area contributed by atoms with Crippen LogP contribution in [0.1, 0.15) is 71.6 Å². The first kappa shape index (κ1) is 18.9. The van der Waals surface area contributed by atoms with Gasteiger partial charge in [-0.25, -0.2) is 4.79 Å². The fourth-order valence-corrected chi connectivity index (χ4v) is 8.44. The van der Waals surface area contributed by atoms with Crippen molar-refractivity contribution in [2.75, 3.05) is 6.61 Å². The zero-order valence-corrected chi connectivity index (χ0v) is 17.1. The van der Waals surface area contributed by atoms with Gasteiger partial charge in [0.2, 0.25) is 5.76 Å². The molecule has 0 radical (unpaired) electrons. The summed E-state index contributed by atoms with van der Waals surface area (Å²) in [5.74, 6) is 0.526. The molecule has 28 heavy (non-hydrogen) atoms. The number of fused-ring (bicyclic) bond motifs is 5. The van der Waals surface area contributed by atoms with Gasteiger partial charge < -0.3 is 20.1 Å². The summed E-state index contributed by atoms with van der Waals surface area (Å²) in [6.07, 6.45) is 8.38. The first-order chi connectivity index (χ1) is 13.2. The SMILES string of the molecule is C[C@]12CC[C@H](O)C[C@H]1CC[C@@H]1[C@@H]2CC[C@]2(C)[C@@H](C3=C(O)C(=O)OC3)CC[C@]12O. The van der Waals surface area contributed by atoms with Gasteiger partial charge in [0.25, 0.3) is 0 Å². The van der Waals surface area contributed by atoms with Crippen molar-refractivity contribution in [3.05, 3.63) is 11.3 Å². The summed E-state index contributed by atoms with van der Waals surface area (Å²) in [6, 6.07) is 0. The highest BCUT2D eigenvalue weighted by molar-refractivity contribution is 5.89. The molecule has 0 spiro atoms. The standard InChI is InChI=1S/C23H34O5/c1-21-8-5-14(24)11-13(21)3-4-18-17(21)6-9-22(2)16(7-10-23(18,22)27)15-12-28-20(26)19(15)25/h13-14,16-18,24-25,27H,3-12H2,1-2H3/t13-,14+,16-,17+,18-,21+,22-,23+/m1/s1. The molecule has 0 saturated heterocycles. The van der Waals surface area contributed by atoms with Crippen LogP contribution >= 0.6 is 0 Å². The first-order valence-electron chi connectivity index (χ1n) is 11.2. The molecule has 0 aromatic rings. The summed E-state index contributed by atoms with van der Waals surface area (Å²) >= 11 is 0. The largest absolute Gasteiger partial charge is 0.502 e. The number of carbonyl (C=O) groups is 1. The van der Waals surface area contributed by atoms with E-state index in [1.807, 2.05) is 0 Å². The lowest BCUT2D eigenvalue weighted by molar-refractivity contribution is -0.208. The molecule has 156 valence electrons. The van der Waals surface area contributed by atoms with E-state index in [1.165, 1.54) is 0 Å². The summed E-state index contributed by atoms with van der Waals surface area (Å²) in [6.45, 7) is 4.77. The Balaban J connectivity index is 1.48. The molecule has 4 aliphatic carbocycles. The highest BCUT2D eigenvalue weighted by Crippen LogP contribution is 2.70. The molecule has 1 heterocycles. The number of aliphatic hydroxyl groups excluding tert-OH is 2. The minimum Gasteiger partial charge on any atom is -0.502 e. The average molecular weight is 391 g/mol. The molecular formula is C23H34O5. The van der Waals surface area contributed by atoms with Crippen LogP contribution in [0.2, 0.25) is 0 Å². The third kappa shape index (κ3) is 2.23. The van der Waals surface area contributed by atoms with Gasteiger partial charge in [0.05, 0.1) is 11.7 Å². The molecule has 0 bridgehead atoms. The number of carbonyl (C=O) groups excluding carboxylic acids is 1. The van der Waals surface area contributed by atoms with Crippen LogP contribution in [0, 0.1) is 34.5 Å². The van der Waals surface area contributed by atoms with Gasteiger partial charge in [-0.3, -0.25) is 0 Å². The second-order valence-electron chi connectivity index (χ2n) is 10.8. The lowest BCUT2D eigenvalue weighted by Crippen LogP contribution is -2.62. The summed E-state index contributed by atoms with van der Waals surface area (Å²) in [5.41, 5.74) is -0.139. The van der Waals surface area contributed by atoms with Crippen molar-refractivity contribution < 1.29 is 24.9 Å². The van der Waals surface area contributed by atoms with Crippen LogP contribution in [0.4, 0.5) is 0 Å². The van der Waals surface area contributed by atoms with Gasteiger partial charge in [-0.15, -0.1) is 0 Å². The number of rotatable bonds is 1. The Morgan fingerprint density at radius 2 is 1.79 bits per heavy atom. The van der Waals surface area contributed by atoms with E-state index in [-0.39, 0.29) is 41.1 Å². The summed E-state index contributed by atoms with van der Waals surface area (Å²) < 4.78 is 5.08. The molecule has 5 heteroatoms. The summed E-state index contributed by atoms with van der Waals surface area (Å²) in [7, 11) is 0. The number of ether oxygens (including phenoxy) is 1. The molecular weight excluding hydrogens is 356 g/mol. The second kappa shape index (κ2) is 5.98. The summed E-state index contributed by atoms with van der Waals surface area (Å²) in [4.78, 5) is 11.7. The Morgan fingerprint density at radius 1 is 1.00 bits per heavy atom. The van der Waals surface area contributed by atoms with Gasteiger partial charge in [0.15, 0.2) is 0 Å². The van der Waals surface area contributed by atoms with Crippen molar-refractivity contribution in [2.45, 2.75) is 83.3 Å². The van der Waals surface area contributed by atoms with Crippen LogP contribution in [0.25, 0.3) is 0 Å². The monoisotopic (exact) mass is 390 g/mol. The van der Waals surface area contributed by atoms with Crippen molar-refractivity contribution in [2.24, 2.45) is 34.5 Å². The molecule has 0 aromatic carbocycles. The topological polar surface area (TPSA) is 87.0 Å². The first-order valence-corrected chi connectivity index (χ1v) is 11.2. The average Bonchev–Trinajstić information content (AvgIpc) is 3.12. The third-order valence-electron chi connectivity index (χ3n) is 10.1. The van der Waals surface area contributed by atoms with E-state index in [1.54, 1.807) is 0 Å². The second-order valence-corrected chi connectivity index (χ2v) is 10.8. The molecule has 0 unspecified atom stereocenters. The van der Waals surface area contributed by atoms with Crippen molar-refractivity contribution in [3.8, 4) is 0 Å². The van der Waals surface area contributed by atoms with Crippen LogP contribution in [0.5, 0.6) is 0 Å². The molecule has 5 rings (SSSR count). The lowest BCUT2D eigenvalue weighted by Gasteiger charge is -2.63. The van der Waals surface area contributed by atoms with E-state index in [2.05, 4.69) is 13.8 Å². The van der Waals surface area contributed by atoms with Gasteiger partial charge in [0.1, 0.15) is 6.61 Å². The minimum absolute atomic E-state index is 0.0172. The van der Waals surface area contributed by atoms with E-state index in [0.29, 0.717) is 17.4 Å². The highest BCUT2D eigenvalue weighted by Gasteiger charge is 2.68. The Hall–Kier alpha value is -1.07. The highest BCUT2D eigenvalue weighted by atomic mass is 16.6. The molecule has 0 aromatic heterocycles. The zero-order valence-electron chi connectivity index (χ0n) is 17.1. The van der Waals surface area contributed by atoms with Crippen molar-refractivity contribution in [1.29, 1.82) is 0 Å². The number of esters is 1. The Bertz CT molecular complexity index is 731. The van der Waals surface area contributed by atoms with Crippen molar-refractivity contribution in [3.63, 3.8) is 0 Å². The van der Waals surface area contributed by atoms with Gasteiger partial charge >= 0.3 is 5.97 Å². The van der Waals surface area contributed by atoms with E-state index in [0.717, 1.165) is 57.8 Å². The minimum atomic E-state index is -0.746. The molecule has 8 atom stereocenters. The fraction of sp³-hybridized carbons (Fsp3) is 0.870. The molecule has 1 aliphatic heterocycles. The smallest absolute Gasteiger partial charge is 0.373 e. The van der Waals surface area contributed by atoms with Gasteiger partial charge in [-0.2, -0.15) is 0 Å². The molecule has 0 amide bonds. The van der Waals surface area contributed by atoms with E-state index in [4.69, 9.17) is 4.74 Å². The van der Waals surface area contributed by atoms with Gasteiger partial charge in [-0.05, 0) is 86.9 Å². The maximum absolute atomic E-state index is 12.1. The summed E-state index contributed by atoms with van der Waals surface area (Å²) in [5, 5.41) is 32.6. The molecule has 3 N–H and O–H groups in total. The maximum atomic E-state index is 12.1. The molecule has 4 fully saturated rings. The van der Waals surface area contributed by atoms with Crippen molar-refractivity contribution in [1.82, 2.24) is 0 Å². The zero-order chi connectivity index (χ0) is 19.9. The van der Waals surface area contributed by atoms with E-state index < -0.39 is 11.6 Å². The third-order valence-corrected chi connectivity index (χ3v) is 10.1. The predicted octanol–water partition coefficient (Wildman–Crippen LogP) is 3.49. The number of hydrogen-bond donors (Lipinski definition) is 3. The van der Waals surface area contributed by atoms with E-state index in [9.17, 15) is 20.1 Å². The van der Waals surface area contributed by atoms with Gasteiger partial charge in [0, 0.05) is 11.0 Å². The number of aliphatic hydroxyl groups is 3. The predicted molar refractivity (Wildman–Crippen MR) is 103 cm³/mol. The van der Waals surface area contributed by atoms with Gasteiger partial charge in [-0.1, -0.05) is 13.8 Å². The molecule has 4 saturated carbocycles. The maximum Gasteiger partial charge on any atom is 0.373 e. The van der Waals surface area contributed by atoms with Crippen LogP contribution in [0.3, 0.4) is 0 Å². The van der Waals surface area contributed by atoms with Crippen LogP contribution < -0.4 is 0 Å². The van der Waals surface area contributed by atoms with E-state index >= 15 is 0 Å².